The summed E-state index contributed by atoms with van der Waals surface area (Å²) in [5, 5.41) is 7.52. The molecule has 3 aromatic heterocycles. The van der Waals surface area contributed by atoms with Gasteiger partial charge in [-0.25, -0.2) is 4.98 Å². The molecule has 0 radical (unpaired) electrons. The lowest BCUT2D eigenvalue weighted by Gasteiger charge is -2.31. The number of hydrogen-bond donors (Lipinski definition) is 0. The van der Waals surface area contributed by atoms with Crippen LogP contribution in [0.2, 0.25) is 0 Å². The van der Waals surface area contributed by atoms with E-state index < -0.39 is 17.7 Å². The van der Waals surface area contributed by atoms with Crippen molar-refractivity contribution < 1.29 is 27.0 Å². The molecule has 7 nitrogen and oxygen atoms in total. The molecule has 0 aromatic carbocycles. The van der Waals surface area contributed by atoms with Crippen LogP contribution in [-0.4, -0.2) is 39.2 Å². The van der Waals surface area contributed by atoms with Crippen LogP contribution in [0.3, 0.4) is 0 Å². The van der Waals surface area contributed by atoms with Crippen LogP contribution in [0.5, 0.6) is 0 Å². The van der Waals surface area contributed by atoms with E-state index in [1.54, 1.807) is 18.7 Å². The van der Waals surface area contributed by atoms with Crippen LogP contribution in [0, 0.1) is 6.92 Å². The molecule has 1 unspecified atom stereocenters. The molecule has 1 amide bonds. The molecule has 154 valence electrons. The lowest BCUT2D eigenvalue weighted by Crippen LogP contribution is -2.39. The van der Waals surface area contributed by atoms with E-state index in [1.807, 2.05) is 0 Å². The second kappa shape index (κ2) is 7.16. The number of rotatable bonds is 3. The van der Waals surface area contributed by atoms with Gasteiger partial charge in [-0.15, -0.1) is 0 Å². The van der Waals surface area contributed by atoms with Crippen molar-refractivity contribution in [3.63, 3.8) is 0 Å². The first-order valence-corrected chi connectivity index (χ1v) is 9.37. The SMILES string of the molecule is CCc1cc(C(F)(F)F)c2c(C3CCCN(C(=O)c4cc(C)no4)C3)noc2n1. The maximum absolute atomic E-state index is 13.7. The van der Waals surface area contributed by atoms with Gasteiger partial charge >= 0.3 is 6.18 Å². The number of alkyl halides is 3. The molecule has 1 saturated heterocycles. The maximum Gasteiger partial charge on any atom is 0.417 e. The third-order valence-electron chi connectivity index (χ3n) is 5.13. The smallest absolute Gasteiger partial charge is 0.351 e. The van der Waals surface area contributed by atoms with Crippen molar-refractivity contribution >= 4 is 17.0 Å². The van der Waals surface area contributed by atoms with Gasteiger partial charge in [-0.05, 0) is 32.3 Å². The molecule has 4 rings (SSSR count). The van der Waals surface area contributed by atoms with Gasteiger partial charge in [-0.3, -0.25) is 4.79 Å². The number of nitrogens with zero attached hydrogens (tertiary/aromatic N) is 4. The van der Waals surface area contributed by atoms with E-state index in [2.05, 4.69) is 15.3 Å². The molecule has 1 aliphatic heterocycles. The minimum Gasteiger partial charge on any atom is -0.351 e. The average molecular weight is 408 g/mol. The molecular weight excluding hydrogens is 389 g/mol. The number of aromatic nitrogens is 3. The van der Waals surface area contributed by atoms with E-state index >= 15 is 0 Å². The van der Waals surface area contributed by atoms with Gasteiger partial charge in [0.15, 0.2) is 0 Å². The number of fused-ring (bicyclic) bond motifs is 1. The van der Waals surface area contributed by atoms with Gasteiger partial charge in [-0.2, -0.15) is 13.2 Å². The lowest BCUT2D eigenvalue weighted by atomic mass is 9.91. The standard InChI is InChI=1S/C19H19F3N4O3/c1-3-12-8-13(19(20,21)22)15-16(25-29-17(15)23-12)11-5-4-6-26(9-11)18(27)14-7-10(2)24-28-14/h7-8,11H,3-6,9H2,1-2H3. The van der Waals surface area contributed by atoms with Crippen molar-refractivity contribution in [2.75, 3.05) is 13.1 Å². The van der Waals surface area contributed by atoms with Crippen LogP contribution >= 0.6 is 0 Å². The highest BCUT2D eigenvalue weighted by Gasteiger charge is 2.38. The Morgan fingerprint density at radius 2 is 2.07 bits per heavy atom. The fraction of sp³-hybridized carbons (Fsp3) is 0.474. The summed E-state index contributed by atoms with van der Waals surface area (Å²) in [6, 6.07) is 2.58. The molecule has 10 heteroatoms. The molecule has 1 atom stereocenters. The molecule has 1 fully saturated rings. The van der Waals surface area contributed by atoms with Crippen LogP contribution in [0.1, 0.15) is 58.9 Å². The first kappa shape index (κ1) is 19.4. The normalized spacial score (nSPS) is 17.8. The summed E-state index contributed by atoms with van der Waals surface area (Å²) in [6.07, 6.45) is -3.00. The predicted octanol–water partition coefficient (Wildman–Crippen LogP) is 4.12. The maximum atomic E-state index is 13.7. The summed E-state index contributed by atoms with van der Waals surface area (Å²) in [5.74, 6) is -0.628. The molecule has 29 heavy (non-hydrogen) atoms. The van der Waals surface area contributed by atoms with E-state index in [-0.39, 0.29) is 40.7 Å². The van der Waals surface area contributed by atoms with Crippen molar-refractivity contribution in [2.45, 2.75) is 45.2 Å². The second-order valence-corrected chi connectivity index (χ2v) is 7.18. The van der Waals surface area contributed by atoms with Gasteiger partial charge < -0.3 is 13.9 Å². The van der Waals surface area contributed by atoms with Crippen LogP contribution in [0.15, 0.2) is 21.2 Å². The van der Waals surface area contributed by atoms with E-state index in [9.17, 15) is 18.0 Å². The Bertz CT molecular complexity index is 1060. The van der Waals surface area contributed by atoms with E-state index in [1.165, 1.54) is 6.07 Å². The van der Waals surface area contributed by atoms with Crippen LogP contribution in [0.25, 0.3) is 11.1 Å². The molecule has 0 spiro atoms. The minimum atomic E-state index is -4.56. The number of piperidine rings is 1. The number of likely N-dealkylation sites (tertiary alicyclic amines) is 1. The fourth-order valence-corrected chi connectivity index (χ4v) is 3.71. The summed E-state index contributed by atoms with van der Waals surface area (Å²) < 4.78 is 51.3. The number of hydrogen-bond acceptors (Lipinski definition) is 6. The highest BCUT2D eigenvalue weighted by atomic mass is 19.4. The lowest BCUT2D eigenvalue weighted by molar-refractivity contribution is -0.136. The van der Waals surface area contributed by atoms with Gasteiger partial charge in [0.05, 0.1) is 22.3 Å². The zero-order chi connectivity index (χ0) is 20.8. The molecule has 0 N–H and O–H groups in total. The van der Waals surface area contributed by atoms with E-state index in [0.29, 0.717) is 31.5 Å². The predicted molar refractivity (Wildman–Crippen MR) is 95.3 cm³/mol. The number of aryl methyl sites for hydroxylation is 2. The van der Waals surface area contributed by atoms with E-state index in [0.717, 1.165) is 6.07 Å². The molecular formula is C19H19F3N4O3. The summed E-state index contributed by atoms with van der Waals surface area (Å²) in [6.45, 7) is 4.13. The summed E-state index contributed by atoms with van der Waals surface area (Å²) >= 11 is 0. The Morgan fingerprint density at radius 3 is 2.72 bits per heavy atom. The zero-order valence-corrected chi connectivity index (χ0v) is 15.9. The Balaban J connectivity index is 1.70. The zero-order valence-electron chi connectivity index (χ0n) is 15.9. The highest BCUT2D eigenvalue weighted by molar-refractivity contribution is 5.91. The largest absolute Gasteiger partial charge is 0.417 e. The monoisotopic (exact) mass is 408 g/mol. The summed E-state index contributed by atoms with van der Waals surface area (Å²) in [5.41, 5.74) is 0.130. The van der Waals surface area contributed by atoms with Crippen LogP contribution in [0.4, 0.5) is 13.2 Å². The molecule has 1 aliphatic rings. The Labute approximate surface area is 163 Å². The quantitative estimate of drug-likeness (QED) is 0.648. The van der Waals surface area contributed by atoms with Crippen molar-refractivity contribution in [3.05, 3.63) is 40.5 Å². The average Bonchev–Trinajstić information content (AvgIpc) is 3.32. The van der Waals surface area contributed by atoms with Gasteiger partial charge in [0, 0.05) is 30.8 Å². The Hall–Kier alpha value is -2.91. The number of carbonyl (C=O) groups is 1. The van der Waals surface area contributed by atoms with Crippen LogP contribution < -0.4 is 0 Å². The van der Waals surface area contributed by atoms with Crippen molar-refractivity contribution in [2.24, 2.45) is 0 Å². The van der Waals surface area contributed by atoms with Gasteiger partial charge in [0.1, 0.15) is 0 Å². The molecule has 0 bridgehead atoms. The molecule has 0 aliphatic carbocycles. The second-order valence-electron chi connectivity index (χ2n) is 7.18. The van der Waals surface area contributed by atoms with Gasteiger partial charge in [0.2, 0.25) is 5.76 Å². The molecule has 4 heterocycles. The Morgan fingerprint density at radius 1 is 1.28 bits per heavy atom. The highest BCUT2D eigenvalue weighted by Crippen LogP contribution is 2.40. The number of pyridine rings is 1. The third kappa shape index (κ3) is 3.58. The Kier molecular flexibility index (Phi) is 4.79. The van der Waals surface area contributed by atoms with Crippen molar-refractivity contribution in [1.29, 1.82) is 0 Å². The molecule has 0 saturated carbocycles. The number of carbonyl (C=O) groups excluding carboxylic acids is 1. The van der Waals surface area contributed by atoms with Crippen molar-refractivity contribution in [3.8, 4) is 0 Å². The first-order chi connectivity index (χ1) is 13.8. The number of amides is 1. The topological polar surface area (TPSA) is 85.3 Å². The minimum absolute atomic E-state index is 0.110. The number of halogens is 3. The molecule has 3 aromatic rings. The van der Waals surface area contributed by atoms with Crippen molar-refractivity contribution in [1.82, 2.24) is 20.2 Å². The van der Waals surface area contributed by atoms with Gasteiger partial charge in [-0.1, -0.05) is 17.2 Å². The first-order valence-electron chi connectivity index (χ1n) is 9.37. The summed E-state index contributed by atoms with van der Waals surface area (Å²) in [7, 11) is 0. The van der Waals surface area contributed by atoms with E-state index in [4.69, 9.17) is 9.05 Å². The third-order valence-corrected chi connectivity index (χ3v) is 5.13. The summed E-state index contributed by atoms with van der Waals surface area (Å²) in [4.78, 5) is 18.4. The van der Waals surface area contributed by atoms with Gasteiger partial charge in [0.25, 0.3) is 11.6 Å². The fourth-order valence-electron chi connectivity index (χ4n) is 3.71. The van der Waals surface area contributed by atoms with Crippen LogP contribution in [-0.2, 0) is 12.6 Å².